The summed E-state index contributed by atoms with van der Waals surface area (Å²) in [5.41, 5.74) is -1.17. The Labute approximate surface area is 70.5 Å². The van der Waals surface area contributed by atoms with Crippen molar-refractivity contribution in [2.45, 2.75) is 24.8 Å². The van der Waals surface area contributed by atoms with Crippen LogP contribution in [0.15, 0.2) is 0 Å². The summed E-state index contributed by atoms with van der Waals surface area (Å²) in [6, 6.07) is 0. The van der Waals surface area contributed by atoms with Gasteiger partial charge < -0.3 is 14.5 Å². The standard InChI is InChI=1S/C8H11NO3/c10-5-8(6-11)3-1-2-4-9(8)7-12/h5-7H,1-4H2. The lowest BCUT2D eigenvalue weighted by molar-refractivity contribution is -0.140. The Bertz CT molecular complexity index is 194. The molecule has 1 aliphatic rings. The molecule has 12 heavy (non-hydrogen) atoms. The molecule has 0 aromatic heterocycles. The first kappa shape index (κ1) is 8.90. The Hall–Kier alpha value is -1.19. The molecule has 0 aromatic rings. The molecule has 1 aliphatic heterocycles. The monoisotopic (exact) mass is 169 g/mol. The fourth-order valence-electron chi connectivity index (χ4n) is 1.47. The van der Waals surface area contributed by atoms with Gasteiger partial charge in [0.2, 0.25) is 6.41 Å². The summed E-state index contributed by atoms with van der Waals surface area (Å²) in [4.78, 5) is 33.1. The number of carbonyl (C=O) groups excluding carboxylic acids is 3. The quantitative estimate of drug-likeness (QED) is 0.433. The highest BCUT2D eigenvalue weighted by Crippen LogP contribution is 2.22. The van der Waals surface area contributed by atoms with Crippen LogP contribution in [0.3, 0.4) is 0 Å². The topological polar surface area (TPSA) is 54.5 Å². The number of rotatable bonds is 3. The number of carbonyl (C=O) groups is 3. The minimum Gasteiger partial charge on any atom is -0.326 e. The Morgan fingerprint density at radius 1 is 1.08 bits per heavy atom. The molecule has 0 aliphatic carbocycles. The zero-order valence-electron chi connectivity index (χ0n) is 6.73. The van der Waals surface area contributed by atoms with Gasteiger partial charge in [-0.2, -0.15) is 0 Å². The molecule has 66 valence electrons. The van der Waals surface area contributed by atoms with E-state index in [2.05, 4.69) is 0 Å². The third kappa shape index (κ3) is 1.24. The molecule has 0 aromatic carbocycles. The fourth-order valence-corrected chi connectivity index (χ4v) is 1.47. The molecule has 1 rings (SSSR count). The second-order valence-electron chi connectivity index (χ2n) is 2.98. The van der Waals surface area contributed by atoms with Gasteiger partial charge in [0.15, 0.2) is 18.1 Å². The van der Waals surface area contributed by atoms with Gasteiger partial charge in [0.25, 0.3) is 0 Å². The van der Waals surface area contributed by atoms with Crippen LogP contribution in [-0.4, -0.2) is 36.0 Å². The van der Waals surface area contributed by atoms with E-state index in [9.17, 15) is 14.4 Å². The zero-order chi connectivity index (χ0) is 9.03. The van der Waals surface area contributed by atoms with E-state index < -0.39 is 5.54 Å². The highest BCUT2D eigenvalue weighted by atomic mass is 16.2. The zero-order valence-corrected chi connectivity index (χ0v) is 6.73. The van der Waals surface area contributed by atoms with Crippen molar-refractivity contribution < 1.29 is 14.4 Å². The van der Waals surface area contributed by atoms with E-state index in [1.54, 1.807) is 0 Å². The molecule has 1 heterocycles. The Morgan fingerprint density at radius 2 is 1.75 bits per heavy atom. The van der Waals surface area contributed by atoms with Gasteiger partial charge in [-0.15, -0.1) is 0 Å². The lowest BCUT2D eigenvalue weighted by atomic mass is 9.90. The second kappa shape index (κ2) is 3.47. The maximum atomic E-state index is 10.7. The van der Waals surface area contributed by atoms with Crippen molar-refractivity contribution in [3.8, 4) is 0 Å². The van der Waals surface area contributed by atoms with Crippen molar-refractivity contribution in [1.82, 2.24) is 4.90 Å². The van der Waals surface area contributed by atoms with E-state index in [0.29, 0.717) is 31.9 Å². The maximum Gasteiger partial charge on any atom is 0.210 e. The number of amides is 1. The number of likely N-dealkylation sites (tertiary alicyclic amines) is 1. The van der Waals surface area contributed by atoms with Crippen molar-refractivity contribution >= 4 is 19.0 Å². The molecule has 1 saturated heterocycles. The minimum absolute atomic E-state index is 0.457. The number of nitrogens with zero attached hydrogens (tertiary/aromatic N) is 1. The van der Waals surface area contributed by atoms with Gasteiger partial charge >= 0.3 is 0 Å². The summed E-state index contributed by atoms with van der Waals surface area (Å²) in [5, 5.41) is 0. The van der Waals surface area contributed by atoms with E-state index in [1.807, 2.05) is 0 Å². The fraction of sp³-hybridized carbons (Fsp3) is 0.625. The molecule has 0 bridgehead atoms. The molecule has 0 spiro atoms. The van der Waals surface area contributed by atoms with Gasteiger partial charge in [0, 0.05) is 6.54 Å². The average molecular weight is 169 g/mol. The Balaban J connectivity index is 2.86. The van der Waals surface area contributed by atoms with E-state index >= 15 is 0 Å². The van der Waals surface area contributed by atoms with E-state index in [4.69, 9.17) is 0 Å². The third-order valence-electron chi connectivity index (χ3n) is 2.30. The van der Waals surface area contributed by atoms with Crippen LogP contribution >= 0.6 is 0 Å². The highest BCUT2D eigenvalue weighted by Gasteiger charge is 2.37. The Morgan fingerprint density at radius 3 is 2.17 bits per heavy atom. The number of hydrogen-bond acceptors (Lipinski definition) is 3. The van der Waals surface area contributed by atoms with Crippen LogP contribution in [0, 0.1) is 0 Å². The smallest absolute Gasteiger partial charge is 0.210 e. The molecule has 0 radical (unpaired) electrons. The van der Waals surface area contributed by atoms with Crippen molar-refractivity contribution in [2.75, 3.05) is 6.54 Å². The summed E-state index contributed by atoms with van der Waals surface area (Å²) in [6.07, 6.45) is 3.84. The normalized spacial score (nSPS) is 21.5. The predicted molar refractivity (Wildman–Crippen MR) is 41.5 cm³/mol. The number of hydrogen-bond donors (Lipinski definition) is 0. The van der Waals surface area contributed by atoms with Crippen molar-refractivity contribution in [2.24, 2.45) is 0 Å². The maximum absolute atomic E-state index is 10.7. The van der Waals surface area contributed by atoms with Crippen LogP contribution in [0.1, 0.15) is 19.3 Å². The summed E-state index contributed by atoms with van der Waals surface area (Å²) in [7, 11) is 0. The van der Waals surface area contributed by atoms with Crippen LogP contribution in [0.5, 0.6) is 0 Å². The van der Waals surface area contributed by atoms with Crippen LogP contribution < -0.4 is 0 Å². The minimum atomic E-state index is -1.17. The van der Waals surface area contributed by atoms with Gasteiger partial charge in [0.05, 0.1) is 0 Å². The van der Waals surface area contributed by atoms with Crippen molar-refractivity contribution in [1.29, 1.82) is 0 Å². The first-order chi connectivity index (χ1) is 5.79. The summed E-state index contributed by atoms with van der Waals surface area (Å²) in [6.45, 7) is 0.501. The van der Waals surface area contributed by atoms with E-state index in [-0.39, 0.29) is 0 Å². The molecule has 1 amide bonds. The molecule has 0 N–H and O–H groups in total. The molecule has 4 nitrogen and oxygen atoms in total. The van der Waals surface area contributed by atoms with Crippen LogP contribution in [-0.2, 0) is 14.4 Å². The Kier molecular flexibility index (Phi) is 2.58. The van der Waals surface area contributed by atoms with Gasteiger partial charge in [-0.1, -0.05) is 0 Å². The van der Waals surface area contributed by atoms with Crippen LogP contribution in [0.2, 0.25) is 0 Å². The third-order valence-corrected chi connectivity index (χ3v) is 2.30. The molecule has 0 atom stereocenters. The molecule has 1 fully saturated rings. The summed E-state index contributed by atoms with van der Waals surface area (Å²) in [5.74, 6) is 0. The van der Waals surface area contributed by atoms with E-state index in [1.165, 1.54) is 4.90 Å². The SMILES string of the molecule is O=CN1CCCCC1(C=O)C=O. The molecule has 0 saturated carbocycles. The van der Waals surface area contributed by atoms with Crippen LogP contribution in [0.25, 0.3) is 0 Å². The van der Waals surface area contributed by atoms with Crippen molar-refractivity contribution in [3.63, 3.8) is 0 Å². The van der Waals surface area contributed by atoms with Crippen LogP contribution in [0.4, 0.5) is 0 Å². The van der Waals surface area contributed by atoms with Gasteiger partial charge in [-0.05, 0) is 19.3 Å². The molecular formula is C8H11NO3. The summed E-state index contributed by atoms with van der Waals surface area (Å²) < 4.78 is 0. The molecule has 0 unspecified atom stereocenters. The summed E-state index contributed by atoms with van der Waals surface area (Å²) >= 11 is 0. The lowest BCUT2D eigenvalue weighted by Gasteiger charge is -2.36. The van der Waals surface area contributed by atoms with Crippen molar-refractivity contribution in [3.05, 3.63) is 0 Å². The van der Waals surface area contributed by atoms with E-state index in [0.717, 1.165) is 12.8 Å². The number of piperidine rings is 1. The number of aldehydes is 2. The largest absolute Gasteiger partial charge is 0.326 e. The molecular weight excluding hydrogens is 158 g/mol. The first-order valence-electron chi connectivity index (χ1n) is 3.94. The predicted octanol–water partition coefficient (Wildman–Crippen LogP) is -0.235. The van der Waals surface area contributed by atoms with Gasteiger partial charge in [-0.25, -0.2) is 0 Å². The average Bonchev–Trinajstić information content (AvgIpc) is 2.17. The first-order valence-corrected chi connectivity index (χ1v) is 3.94. The van der Waals surface area contributed by atoms with Gasteiger partial charge in [-0.3, -0.25) is 4.79 Å². The highest BCUT2D eigenvalue weighted by molar-refractivity contribution is 5.91. The lowest BCUT2D eigenvalue weighted by Crippen LogP contribution is -2.53. The van der Waals surface area contributed by atoms with Gasteiger partial charge in [0.1, 0.15) is 0 Å². The molecule has 4 heteroatoms. The second-order valence-corrected chi connectivity index (χ2v) is 2.98.